The average Bonchev–Trinajstić information content (AvgIpc) is 3.14. The Balaban J connectivity index is 1.64. The lowest BCUT2D eigenvalue weighted by atomic mass is 10.0. The monoisotopic (exact) mass is 415 g/mol. The predicted molar refractivity (Wildman–Crippen MR) is 118 cm³/mol. The minimum absolute atomic E-state index is 0.229. The van der Waals surface area contributed by atoms with Gasteiger partial charge in [0.2, 0.25) is 5.78 Å². The van der Waals surface area contributed by atoms with Gasteiger partial charge in [-0.25, -0.2) is 0 Å². The number of amides is 1. The highest BCUT2D eigenvalue weighted by atomic mass is 16.5. The summed E-state index contributed by atoms with van der Waals surface area (Å²) in [6.07, 6.45) is 0. The number of ether oxygens (including phenoxy) is 2. The molecule has 1 amide bonds. The summed E-state index contributed by atoms with van der Waals surface area (Å²) in [6, 6.07) is 19.2. The number of hydrogen-bond donors (Lipinski definition) is 1. The van der Waals surface area contributed by atoms with Crippen LogP contribution in [0.15, 0.2) is 71.1 Å². The lowest BCUT2D eigenvalue weighted by Gasteiger charge is -2.09. The third kappa shape index (κ3) is 3.88. The van der Waals surface area contributed by atoms with Gasteiger partial charge in [-0.1, -0.05) is 24.3 Å². The first-order valence-electron chi connectivity index (χ1n) is 9.68. The van der Waals surface area contributed by atoms with Crippen molar-refractivity contribution in [1.29, 1.82) is 0 Å². The number of para-hydroxylation sites is 1. The molecule has 0 fully saturated rings. The molecule has 6 heteroatoms. The zero-order valence-corrected chi connectivity index (χ0v) is 17.4. The van der Waals surface area contributed by atoms with Gasteiger partial charge in [0.25, 0.3) is 5.91 Å². The molecule has 0 aliphatic carbocycles. The molecule has 156 valence electrons. The first-order chi connectivity index (χ1) is 15.0. The summed E-state index contributed by atoms with van der Waals surface area (Å²) in [5, 5.41) is 3.66. The second-order valence-electron chi connectivity index (χ2n) is 6.98. The standard InChI is InChI=1S/C25H21NO5/c1-15-19-12-11-17(26-25(28)20-9-4-5-10-21(20)30-3)14-22(19)31-24(15)23(27)16-7-6-8-18(13-16)29-2/h4-14H,1-3H3,(H,26,28). The van der Waals surface area contributed by atoms with Gasteiger partial charge < -0.3 is 19.2 Å². The van der Waals surface area contributed by atoms with Crippen molar-refractivity contribution in [1.82, 2.24) is 0 Å². The van der Waals surface area contributed by atoms with Gasteiger partial charge in [0.1, 0.15) is 17.1 Å². The van der Waals surface area contributed by atoms with E-state index in [1.165, 1.54) is 7.11 Å². The van der Waals surface area contributed by atoms with Crippen molar-refractivity contribution in [2.24, 2.45) is 0 Å². The van der Waals surface area contributed by atoms with E-state index < -0.39 is 0 Å². The third-order valence-electron chi connectivity index (χ3n) is 5.09. The van der Waals surface area contributed by atoms with Crippen molar-refractivity contribution in [2.75, 3.05) is 19.5 Å². The van der Waals surface area contributed by atoms with Gasteiger partial charge in [-0.2, -0.15) is 0 Å². The Hall–Kier alpha value is -4.06. The van der Waals surface area contributed by atoms with Crippen molar-refractivity contribution >= 4 is 28.3 Å². The summed E-state index contributed by atoms with van der Waals surface area (Å²) >= 11 is 0. The first kappa shape index (κ1) is 20.2. The lowest BCUT2D eigenvalue weighted by molar-refractivity contribution is 0.100. The van der Waals surface area contributed by atoms with Crippen LogP contribution in [0.1, 0.15) is 32.0 Å². The molecule has 0 spiro atoms. The van der Waals surface area contributed by atoms with Crippen LogP contribution in [-0.2, 0) is 0 Å². The number of nitrogens with one attached hydrogen (secondary N) is 1. The van der Waals surface area contributed by atoms with E-state index in [-0.39, 0.29) is 17.5 Å². The van der Waals surface area contributed by atoms with Crippen LogP contribution in [0.2, 0.25) is 0 Å². The van der Waals surface area contributed by atoms with Gasteiger partial charge in [0, 0.05) is 28.3 Å². The molecule has 0 atom stereocenters. The van der Waals surface area contributed by atoms with E-state index in [1.807, 2.05) is 13.0 Å². The van der Waals surface area contributed by atoms with Crippen molar-refractivity contribution in [3.05, 3.63) is 89.2 Å². The SMILES string of the molecule is COc1cccc(C(=O)c2oc3cc(NC(=O)c4ccccc4OC)ccc3c2C)c1. The molecule has 1 aromatic heterocycles. The number of furan rings is 1. The molecular formula is C25H21NO5. The second kappa shape index (κ2) is 8.36. The molecule has 0 aliphatic rings. The summed E-state index contributed by atoms with van der Waals surface area (Å²) in [5.41, 5.74) is 2.71. The van der Waals surface area contributed by atoms with E-state index >= 15 is 0 Å². The summed E-state index contributed by atoms with van der Waals surface area (Å²) in [4.78, 5) is 25.7. The number of hydrogen-bond acceptors (Lipinski definition) is 5. The molecule has 0 saturated carbocycles. The molecule has 0 unspecified atom stereocenters. The maximum atomic E-state index is 13.0. The number of rotatable bonds is 6. The highest BCUT2D eigenvalue weighted by Crippen LogP contribution is 2.30. The van der Waals surface area contributed by atoms with Crippen LogP contribution in [0.3, 0.4) is 0 Å². The fraction of sp³-hybridized carbons (Fsp3) is 0.120. The van der Waals surface area contributed by atoms with E-state index in [0.717, 1.165) is 10.9 Å². The number of carbonyl (C=O) groups excluding carboxylic acids is 2. The summed E-state index contributed by atoms with van der Waals surface area (Å²) < 4.78 is 16.4. The molecule has 6 nitrogen and oxygen atoms in total. The molecule has 31 heavy (non-hydrogen) atoms. The number of fused-ring (bicyclic) bond motifs is 1. The quantitative estimate of drug-likeness (QED) is 0.436. The van der Waals surface area contributed by atoms with Gasteiger partial charge >= 0.3 is 0 Å². The highest BCUT2D eigenvalue weighted by Gasteiger charge is 2.20. The Morgan fingerprint density at radius 2 is 1.71 bits per heavy atom. The fourth-order valence-electron chi connectivity index (χ4n) is 3.45. The van der Waals surface area contributed by atoms with Crippen LogP contribution in [0.25, 0.3) is 11.0 Å². The predicted octanol–water partition coefficient (Wildman–Crippen LogP) is 5.24. The van der Waals surface area contributed by atoms with Crippen LogP contribution < -0.4 is 14.8 Å². The number of benzene rings is 3. The third-order valence-corrected chi connectivity index (χ3v) is 5.09. The molecule has 0 bridgehead atoms. The average molecular weight is 415 g/mol. The highest BCUT2D eigenvalue weighted by molar-refractivity contribution is 6.11. The molecule has 0 radical (unpaired) electrons. The Kier molecular flexibility index (Phi) is 5.45. The number of ketones is 1. The Morgan fingerprint density at radius 3 is 2.48 bits per heavy atom. The maximum absolute atomic E-state index is 13.0. The largest absolute Gasteiger partial charge is 0.497 e. The van der Waals surface area contributed by atoms with E-state index in [2.05, 4.69) is 5.32 Å². The van der Waals surface area contributed by atoms with Crippen molar-refractivity contribution < 1.29 is 23.5 Å². The number of anilines is 1. The summed E-state index contributed by atoms with van der Waals surface area (Å²) in [5.74, 6) is 0.818. The number of aryl methyl sites for hydroxylation is 1. The van der Waals surface area contributed by atoms with Crippen molar-refractivity contribution in [2.45, 2.75) is 6.92 Å². The Morgan fingerprint density at radius 1 is 0.903 bits per heavy atom. The van der Waals surface area contributed by atoms with Crippen LogP contribution in [-0.4, -0.2) is 25.9 Å². The Bertz CT molecular complexity index is 1290. The van der Waals surface area contributed by atoms with E-state index in [0.29, 0.717) is 33.9 Å². The molecule has 3 aromatic carbocycles. The molecule has 4 aromatic rings. The van der Waals surface area contributed by atoms with Gasteiger partial charge in [-0.15, -0.1) is 0 Å². The molecule has 1 N–H and O–H groups in total. The van der Waals surface area contributed by atoms with Gasteiger partial charge in [-0.05, 0) is 43.3 Å². The first-order valence-corrected chi connectivity index (χ1v) is 9.68. The minimum Gasteiger partial charge on any atom is -0.497 e. The van der Waals surface area contributed by atoms with Crippen LogP contribution in [0.4, 0.5) is 5.69 Å². The van der Waals surface area contributed by atoms with E-state index in [9.17, 15) is 9.59 Å². The molecular weight excluding hydrogens is 394 g/mol. The molecule has 0 aliphatic heterocycles. The second-order valence-corrected chi connectivity index (χ2v) is 6.98. The minimum atomic E-state index is -0.298. The molecule has 4 rings (SSSR count). The van der Waals surface area contributed by atoms with Gasteiger partial charge in [0.15, 0.2) is 5.76 Å². The zero-order chi connectivity index (χ0) is 22.0. The van der Waals surface area contributed by atoms with Crippen LogP contribution in [0, 0.1) is 6.92 Å². The normalized spacial score (nSPS) is 10.7. The molecule has 0 saturated heterocycles. The smallest absolute Gasteiger partial charge is 0.259 e. The topological polar surface area (TPSA) is 77.8 Å². The fourth-order valence-corrected chi connectivity index (χ4v) is 3.45. The van der Waals surface area contributed by atoms with Gasteiger partial charge in [-0.3, -0.25) is 9.59 Å². The maximum Gasteiger partial charge on any atom is 0.259 e. The number of methoxy groups -OCH3 is 2. The summed E-state index contributed by atoms with van der Waals surface area (Å²) in [6.45, 7) is 1.84. The summed E-state index contributed by atoms with van der Waals surface area (Å²) in [7, 11) is 3.07. The van der Waals surface area contributed by atoms with Crippen molar-refractivity contribution in [3.63, 3.8) is 0 Å². The van der Waals surface area contributed by atoms with Gasteiger partial charge in [0.05, 0.1) is 19.8 Å². The Labute approximate surface area is 179 Å². The molecule has 1 heterocycles. The van der Waals surface area contributed by atoms with Crippen LogP contribution in [0.5, 0.6) is 11.5 Å². The van der Waals surface area contributed by atoms with E-state index in [1.54, 1.807) is 67.8 Å². The lowest BCUT2D eigenvalue weighted by Crippen LogP contribution is -2.12. The van der Waals surface area contributed by atoms with Crippen molar-refractivity contribution in [3.8, 4) is 11.5 Å². The van der Waals surface area contributed by atoms with E-state index in [4.69, 9.17) is 13.9 Å². The number of carbonyl (C=O) groups is 2. The zero-order valence-electron chi connectivity index (χ0n) is 17.4. The van der Waals surface area contributed by atoms with Crippen LogP contribution >= 0.6 is 0 Å².